The van der Waals surface area contributed by atoms with Crippen LogP contribution in [-0.2, 0) is 14.8 Å². The number of sulfonamides is 1. The average Bonchev–Trinajstić information content (AvgIpc) is 2.64. The van der Waals surface area contributed by atoms with Crippen molar-refractivity contribution in [2.24, 2.45) is 0 Å². The lowest BCUT2D eigenvalue weighted by molar-refractivity contribution is 0.0730. The number of halogens is 1. The van der Waals surface area contributed by atoms with Gasteiger partial charge in [0.2, 0.25) is 10.0 Å². The topological polar surface area (TPSA) is 75.7 Å². The maximum Gasteiger partial charge on any atom is 0.257 e. The van der Waals surface area contributed by atoms with Gasteiger partial charge in [-0.05, 0) is 37.3 Å². The van der Waals surface area contributed by atoms with Crippen LogP contribution >= 0.6 is 11.6 Å². The molecule has 0 aromatic heterocycles. The number of ether oxygens (including phenoxy) is 1. The number of benzene rings is 2. The molecule has 1 N–H and O–H groups in total. The highest BCUT2D eigenvalue weighted by atomic mass is 35.5. The Labute approximate surface area is 157 Å². The molecule has 0 aliphatic carbocycles. The molecule has 0 unspecified atom stereocenters. The van der Waals surface area contributed by atoms with Crippen molar-refractivity contribution < 1.29 is 17.9 Å². The SMILES string of the molecule is Cc1ccc(NC(=O)c2cc(S(=O)(=O)N3CCOCC3)ccc2Cl)cc1. The van der Waals surface area contributed by atoms with E-state index in [1.54, 1.807) is 12.1 Å². The fraction of sp³-hybridized carbons (Fsp3) is 0.278. The third-order valence-electron chi connectivity index (χ3n) is 4.10. The molecule has 0 atom stereocenters. The normalized spacial score (nSPS) is 15.6. The van der Waals surface area contributed by atoms with Crippen LogP contribution in [0.15, 0.2) is 47.4 Å². The van der Waals surface area contributed by atoms with Crippen LogP contribution in [0.25, 0.3) is 0 Å². The minimum atomic E-state index is -3.70. The summed E-state index contributed by atoms with van der Waals surface area (Å²) >= 11 is 6.13. The lowest BCUT2D eigenvalue weighted by Gasteiger charge is -2.26. The van der Waals surface area contributed by atoms with E-state index >= 15 is 0 Å². The van der Waals surface area contributed by atoms with Gasteiger partial charge < -0.3 is 10.1 Å². The van der Waals surface area contributed by atoms with Crippen molar-refractivity contribution in [2.45, 2.75) is 11.8 Å². The molecule has 2 aromatic rings. The zero-order valence-corrected chi connectivity index (χ0v) is 15.8. The fourth-order valence-corrected chi connectivity index (χ4v) is 4.25. The molecular formula is C18H19ClN2O4S. The number of morpholine rings is 1. The summed E-state index contributed by atoms with van der Waals surface area (Å²) in [6, 6.07) is 11.4. The van der Waals surface area contributed by atoms with Crippen molar-refractivity contribution in [2.75, 3.05) is 31.6 Å². The Hall–Kier alpha value is -1.93. The number of carbonyl (C=O) groups excluding carboxylic acids is 1. The van der Waals surface area contributed by atoms with Crippen LogP contribution in [0.3, 0.4) is 0 Å². The van der Waals surface area contributed by atoms with Crippen molar-refractivity contribution in [3.8, 4) is 0 Å². The van der Waals surface area contributed by atoms with Gasteiger partial charge in [0, 0.05) is 18.8 Å². The van der Waals surface area contributed by atoms with Gasteiger partial charge in [0.05, 0.1) is 28.7 Å². The molecule has 6 nitrogen and oxygen atoms in total. The molecule has 138 valence electrons. The maximum atomic E-state index is 12.8. The Kier molecular flexibility index (Phi) is 5.62. The molecular weight excluding hydrogens is 376 g/mol. The van der Waals surface area contributed by atoms with Gasteiger partial charge >= 0.3 is 0 Å². The highest BCUT2D eigenvalue weighted by Gasteiger charge is 2.27. The van der Waals surface area contributed by atoms with Crippen molar-refractivity contribution in [3.63, 3.8) is 0 Å². The Balaban J connectivity index is 1.87. The first-order valence-electron chi connectivity index (χ1n) is 8.13. The number of carbonyl (C=O) groups is 1. The first kappa shape index (κ1) is 18.8. The Bertz CT molecular complexity index is 907. The summed E-state index contributed by atoms with van der Waals surface area (Å²) in [7, 11) is -3.70. The van der Waals surface area contributed by atoms with Gasteiger partial charge in [-0.15, -0.1) is 0 Å². The maximum absolute atomic E-state index is 12.8. The molecule has 0 bridgehead atoms. The lowest BCUT2D eigenvalue weighted by atomic mass is 10.2. The van der Waals surface area contributed by atoms with Gasteiger partial charge in [0.25, 0.3) is 5.91 Å². The van der Waals surface area contributed by atoms with Crippen LogP contribution < -0.4 is 5.32 Å². The van der Waals surface area contributed by atoms with Gasteiger partial charge in [-0.2, -0.15) is 4.31 Å². The third-order valence-corrected chi connectivity index (χ3v) is 6.32. The summed E-state index contributed by atoms with van der Waals surface area (Å²) in [6.45, 7) is 3.23. The molecule has 1 aliphatic rings. The number of nitrogens with zero attached hydrogens (tertiary/aromatic N) is 1. The van der Waals surface area contributed by atoms with Crippen LogP contribution in [0.1, 0.15) is 15.9 Å². The van der Waals surface area contributed by atoms with Crippen LogP contribution in [-0.4, -0.2) is 44.9 Å². The second kappa shape index (κ2) is 7.75. The molecule has 3 rings (SSSR count). The number of hydrogen-bond acceptors (Lipinski definition) is 4. The number of aryl methyl sites for hydroxylation is 1. The summed E-state index contributed by atoms with van der Waals surface area (Å²) < 4.78 is 32.1. The summed E-state index contributed by atoms with van der Waals surface area (Å²) in [5, 5.41) is 2.92. The van der Waals surface area contributed by atoms with E-state index in [4.69, 9.17) is 16.3 Å². The molecule has 0 saturated carbocycles. The molecule has 26 heavy (non-hydrogen) atoms. The molecule has 8 heteroatoms. The van der Waals surface area contributed by atoms with Crippen LogP contribution in [0, 0.1) is 6.92 Å². The molecule has 0 spiro atoms. The van der Waals surface area contributed by atoms with Gasteiger partial charge in [-0.1, -0.05) is 29.3 Å². The van der Waals surface area contributed by atoms with Gasteiger partial charge in [0.1, 0.15) is 0 Å². The van der Waals surface area contributed by atoms with Gasteiger partial charge in [-0.3, -0.25) is 4.79 Å². The quantitative estimate of drug-likeness (QED) is 0.865. The van der Waals surface area contributed by atoms with Crippen molar-refractivity contribution in [1.29, 1.82) is 0 Å². The van der Waals surface area contributed by atoms with E-state index in [0.29, 0.717) is 18.9 Å². The number of anilines is 1. The second-order valence-electron chi connectivity index (χ2n) is 5.98. The number of hydrogen-bond donors (Lipinski definition) is 1. The molecule has 1 fully saturated rings. The van der Waals surface area contributed by atoms with Crippen molar-refractivity contribution in [3.05, 3.63) is 58.6 Å². The first-order chi connectivity index (χ1) is 12.4. The van der Waals surface area contributed by atoms with Crippen LogP contribution in [0.2, 0.25) is 5.02 Å². The zero-order chi connectivity index (χ0) is 18.7. The Morgan fingerprint density at radius 1 is 1.12 bits per heavy atom. The van der Waals surface area contributed by atoms with Crippen molar-refractivity contribution in [1.82, 2.24) is 4.31 Å². The minimum absolute atomic E-state index is 0.0397. The number of amides is 1. The van der Waals surface area contributed by atoms with E-state index in [1.807, 2.05) is 19.1 Å². The third kappa shape index (κ3) is 4.07. The monoisotopic (exact) mass is 394 g/mol. The summed E-state index contributed by atoms with van der Waals surface area (Å²) in [5.41, 5.74) is 1.79. The highest BCUT2D eigenvalue weighted by molar-refractivity contribution is 7.89. The van der Waals surface area contributed by atoms with E-state index in [-0.39, 0.29) is 28.6 Å². The summed E-state index contributed by atoms with van der Waals surface area (Å²) in [4.78, 5) is 12.6. The summed E-state index contributed by atoms with van der Waals surface area (Å²) in [5.74, 6) is -0.460. The largest absolute Gasteiger partial charge is 0.379 e. The smallest absolute Gasteiger partial charge is 0.257 e. The fourth-order valence-electron chi connectivity index (χ4n) is 2.61. The molecule has 1 amide bonds. The molecule has 2 aromatic carbocycles. The number of nitrogens with one attached hydrogen (secondary N) is 1. The highest BCUT2D eigenvalue weighted by Crippen LogP contribution is 2.24. The number of rotatable bonds is 4. The Morgan fingerprint density at radius 3 is 2.42 bits per heavy atom. The van der Waals surface area contributed by atoms with E-state index in [2.05, 4.69) is 5.32 Å². The van der Waals surface area contributed by atoms with E-state index in [1.165, 1.54) is 22.5 Å². The zero-order valence-electron chi connectivity index (χ0n) is 14.2. The van der Waals surface area contributed by atoms with E-state index in [9.17, 15) is 13.2 Å². The molecule has 1 saturated heterocycles. The van der Waals surface area contributed by atoms with Gasteiger partial charge in [0.15, 0.2) is 0 Å². The average molecular weight is 395 g/mol. The molecule has 1 aliphatic heterocycles. The van der Waals surface area contributed by atoms with Crippen LogP contribution in [0.5, 0.6) is 0 Å². The predicted molar refractivity (Wildman–Crippen MR) is 100 cm³/mol. The summed E-state index contributed by atoms with van der Waals surface area (Å²) in [6.07, 6.45) is 0. The first-order valence-corrected chi connectivity index (χ1v) is 9.95. The minimum Gasteiger partial charge on any atom is -0.379 e. The lowest BCUT2D eigenvalue weighted by Crippen LogP contribution is -2.40. The predicted octanol–water partition coefficient (Wildman–Crippen LogP) is 2.92. The second-order valence-corrected chi connectivity index (χ2v) is 8.32. The van der Waals surface area contributed by atoms with Crippen molar-refractivity contribution >= 4 is 33.2 Å². The Morgan fingerprint density at radius 2 is 1.77 bits per heavy atom. The standard InChI is InChI=1S/C18H19ClN2O4S/c1-13-2-4-14(5-3-13)20-18(22)16-12-15(6-7-17(16)19)26(23,24)21-8-10-25-11-9-21/h2-7,12H,8-11H2,1H3,(H,20,22). The molecule has 1 heterocycles. The van der Waals surface area contributed by atoms with E-state index in [0.717, 1.165) is 5.56 Å². The van der Waals surface area contributed by atoms with E-state index < -0.39 is 15.9 Å². The molecule has 0 radical (unpaired) electrons. The van der Waals surface area contributed by atoms with Crippen LogP contribution in [0.4, 0.5) is 5.69 Å². The van der Waals surface area contributed by atoms with Gasteiger partial charge in [-0.25, -0.2) is 8.42 Å².